The highest BCUT2D eigenvalue weighted by Crippen LogP contribution is 2.14. The Balaban J connectivity index is 1.78. The minimum atomic E-state index is -0.934. The topological polar surface area (TPSA) is 66.8 Å². The minimum Gasteiger partial charge on any atom is -0.478 e. The van der Waals surface area contributed by atoms with Gasteiger partial charge >= 0.3 is 5.97 Å². The molecule has 1 atom stereocenters. The van der Waals surface area contributed by atoms with Crippen molar-refractivity contribution in [2.75, 3.05) is 26.8 Å². The van der Waals surface area contributed by atoms with Crippen molar-refractivity contribution >= 4 is 11.9 Å². The Morgan fingerprint density at radius 2 is 2.05 bits per heavy atom. The number of hydrogen-bond acceptors (Lipinski definition) is 3. The molecule has 1 fully saturated rings. The lowest BCUT2D eigenvalue weighted by molar-refractivity contribution is -0.130. The molecule has 2 rings (SSSR count). The van der Waals surface area contributed by atoms with E-state index in [9.17, 15) is 9.59 Å². The van der Waals surface area contributed by atoms with Gasteiger partial charge < -0.3 is 14.7 Å². The Morgan fingerprint density at radius 3 is 2.62 bits per heavy atom. The van der Waals surface area contributed by atoms with Crippen LogP contribution < -0.4 is 0 Å². The maximum Gasteiger partial charge on any atom is 0.335 e. The number of carboxylic acids is 1. The molecule has 0 aliphatic carbocycles. The number of hydrogen-bond donors (Lipinski definition) is 1. The number of carbonyl (C=O) groups excluding carboxylic acids is 1. The van der Waals surface area contributed by atoms with E-state index in [0.29, 0.717) is 18.8 Å². The molecule has 5 heteroatoms. The Kier molecular flexibility index (Phi) is 5.33. The maximum atomic E-state index is 12.1. The molecule has 1 aliphatic rings. The van der Waals surface area contributed by atoms with Gasteiger partial charge in [-0.2, -0.15) is 0 Å². The molecule has 1 saturated heterocycles. The molecule has 0 bridgehead atoms. The fourth-order valence-corrected chi connectivity index (χ4v) is 2.47. The van der Waals surface area contributed by atoms with E-state index in [4.69, 9.17) is 9.84 Å². The SMILES string of the molecule is CN(C[C@@H]1CCOC1)C(=O)CCc1ccc(C(=O)O)cc1. The summed E-state index contributed by atoms with van der Waals surface area (Å²) in [6, 6.07) is 6.67. The van der Waals surface area contributed by atoms with Gasteiger partial charge in [-0.15, -0.1) is 0 Å². The zero-order valence-corrected chi connectivity index (χ0v) is 12.2. The van der Waals surface area contributed by atoms with Gasteiger partial charge in [0.1, 0.15) is 0 Å². The summed E-state index contributed by atoms with van der Waals surface area (Å²) in [5.74, 6) is -0.367. The van der Waals surface area contributed by atoms with Crippen molar-refractivity contribution in [2.45, 2.75) is 19.3 Å². The molecule has 1 heterocycles. The number of rotatable bonds is 6. The molecule has 114 valence electrons. The fraction of sp³-hybridized carbons (Fsp3) is 0.500. The average molecular weight is 291 g/mol. The zero-order valence-electron chi connectivity index (χ0n) is 12.2. The summed E-state index contributed by atoms with van der Waals surface area (Å²) in [4.78, 5) is 24.6. The fourth-order valence-electron chi connectivity index (χ4n) is 2.47. The molecule has 0 aromatic heterocycles. The van der Waals surface area contributed by atoms with Gasteiger partial charge in [0.25, 0.3) is 0 Å². The van der Waals surface area contributed by atoms with Crippen LogP contribution in [0.1, 0.15) is 28.8 Å². The van der Waals surface area contributed by atoms with Gasteiger partial charge in [0.05, 0.1) is 12.2 Å². The second-order valence-corrected chi connectivity index (χ2v) is 5.51. The van der Waals surface area contributed by atoms with E-state index < -0.39 is 5.97 Å². The van der Waals surface area contributed by atoms with Crippen LogP contribution in [0.2, 0.25) is 0 Å². The molecule has 1 N–H and O–H groups in total. The van der Waals surface area contributed by atoms with Crippen LogP contribution in [0.15, 0.2) is 24.3 Å². The van der Waals surface area contributed by atoms with Gasteiger partial charge in [-0.3, -0.25) is 4.79 Å². The van der Waals surface area contributed by atoms with Crippen LogP contribution in [0, 0.1) is 5.92 Å². The Hall–Kier alpha value is -1.88. The summed E-state index contributed by atoms with van der Waals surface area (Å²) in [7, 11) is 1.83. The van der Waals surface area contributed by atoms with E-state index in [2.05, 4.69) is 0 Å². The highest BCUT2D eigenvalue weighted by Gasteiger charge is 2.19. The number of amides is 1. The molecular formula is C16H21NO4. The smallest absolute Gasteiger partial charge is 0.335 e. The summed E-state index contributed by atoms with van der Waals surface area (Å²) in [6.07, 6.45) is 2.09. The minimum absolute atomic E-state index is 0.115. The van der Waals surface area contributed by atoms with Crippen molar-refractivity contribution in [3.05, 3.63) is 35.4 Å². The molecule has 0 saturated carbocycles. The van der Waals surface area contributed by atoms with Gasteiger partial charge in [0, 0.05) is 32.5 Å². The van der Waals surface area contributed by atoms with Crippen LogP contribution >= 0.6 is 0 Å². The molecule has 0 spiro atoms. The number of ether oxygens (including phenoxy) is 1. The van der Waals surface area contributed by atoms with E-state index in [1.807, 2.05) is 7.05 Å². The lowest BCUT2D eigenvalue weighted by atomic mass is 10.1. The second-order valence-electron chi connectivity index (χ2n) is 5.51. The third-order valence-corrected chi connectivity index (χ3v) is 3.81. The molecule has 1 amide bonds. The van der Waals surface area contributed by atoms with Crippen molar-refractivity contribution in [3.63, 3.8) is 0 Å². The van der Waals surface area contributed by atoms with Gasteiger partial charge in [-0.05, 0) is 30.5 Å². The number of aromatic carboxylic acids is 1. The van der Waals surface area contributed by atoms with E-state index in [1.54, 1.807) is 29.2 Å². The third kappa shape index (κ3) is 4.56. The molecule has 5 nitrogen and oxygen atoms in total. The van der Waals surface area contributed by atoms with Gasteiger partial charge in [-0.1, -0.05) is 12.1 Å². The van der Waals surface area contributed by atoms with Crippen molar-refractivity contribution in [2.24, 2.45) is 5.92 Å². The Bertz CT molecular complexity index is 492. The van der Waals surface area contributed by atoms with Gasteiger partial charge in [0.15, 0.2) is 0 Å². The standard InChI is InChI=1S/C16H21NO4/c1-17(10-13-8-9-21-11-13)15(18)7-4-12-2-5-14(6-3-12)16(19)20/h2-3,5-6,13H,4,7-11H2,1H3,(H,19,20)/t13-/m0/s1. The Labute approximate surface area is 124 Å². The highest BCUT2D eigenvalue weighted by atomic mass is 16.5. The molecule has 1 aromatic carbocycles. The monoisotopic (exact) mass is 291 g/mol. The summed E-state index contributed by atoms with van der Waals surface area (Å²) < 4.78 is 5.31. The zero-order chi connectivity index (χ0) is 15.2. The number of nitrogens with zero attached hydrogens (tertiary/aromatic N) is 1. The molecule has 1 aliphatic heterocycles. The quantitative estimate of drug-likeness (QED) is 0.868. The van der Waals surface area contributed by atoms with Crippen LogP contribution in [0.3, 0.4) is 0 Å². The largest absolute Gasteiger partial charge is 0.478 e. The first-order valence-electron chi connectivity index (χ1n) is 7.20. The predicted molar refractivity (Wildman–Crippen MR) is 78.3 cm³/mol. The summed E-state index contributed by atoms with van der Waals surface area (Å²) in [5, 5.41) is 8.83. The van der Waals surface area contributed by atoms with Crippen molar-refractivity contribution in [1.29, 1.82) is 0 Å². The van der Waals surface area contributed by atoms with E-state index in [1.165, 1.54) is 0 Å². The predicted octanol–water partition coefficient (Wildman–Crippen LogP) is 1.81. The van der Waals surface area contributed by atoms with Crippen molar-refractivity contribution in [3.8, 4) is 0 Å². The van der Waals surface area contributed by atoms with Crippen LogP contribution in [0.5, 0.6) is 0 Å². The Morgan fingerprint density at radius 1 is 1.33 bits per heavy atom. The van der Waals surface area contributed by atoms with Crippen LogP contribution in [0.25, 0.3) is 0 Å². The number of aryl methyl sites for hydroxylation is 1. The van der Waals surface area contributed by atoms with Crippen LogP contribution in [-0.2, 0) is 16.0 Å². The first-order chi connectivity index (χ1) is 10.1. The normalized spacial score (nSPS) is 17.7. The molecular weight excluding hydrogens is 270 g/mol. The number of benzene rings is 1. The maximum absolute atomic E-state index is 12.1. The number of carboxylic acid groups (broad SMARTS) is 1. The van der Waals surface area contributed by atoms with Crippen molar-refractivity contribution < 1.29 is 19.4 Å². The molecule has 0 radical (unpaired) electrons. The lowest BCUT2D eigenvalue weighted by Crippen LogP contribution is -2.32. The van der Waals surface area contributed by atoms with Crippen LogP contribution in [0.4, 0.5) is 0 Å². The second kappa shape index (κ2) is 7.22. The highest BCUT2D eigenvalue weighted by molar-refractivity contribution is 5.87. The van der Waals surface area contributed by atoms with Crippen molar-refractivity contribution in [1.82, 2.24) is 4.90 Å². The van der Waals surface area contributed by atoms with E-state index in [-0.39, 0.29) is 11.5 Å². The number of carbonyl (C=O) groups is 2. The average Bonchev–Trinajstić information content (AvgIpc) is 2.98. The summed E-state index contributed by atoms with van der Waals surface area (Å²) >= 11 is 0. The van der Waals surface area contributed by atoms with Crippen LogP contribution in [-0.4, -0.2) is 48.7 Å². The van der Waals surface area contributed by atoms with Gasteiger partial charge in [0.2, 0.25) is 5.91 Å². The summed E-state index contributed by atoms with van der Waals surface area (Å²) in [5.41, 5.74) is 1.24. The van der Waals surface area contributed by atoms with Gasteiger partial charge in [-0.25, -0.2) is 4.79 Å². The third-order valence-electron chi connectivity index (χ3n) is 3.81. The first-order valence-corrected chi connectivity index (χ1v) is 7.20. The molecule has 1 aromatic rings. The summed E-state index contributed by atoms with van der Waals surface area (Å²) in [6.45, 7) is 2.29. The molecule has 21 heavy (non-hydrogen) atoms. The van der Waals surface area contributed by atoms with E-state index in [0.717, 1.165) is 31.7 Å². The first kappa shape index (κ1) is 15.5. The lowest BCUT2D eigenvalue weighted by Gasteiger charge is -2.20. The van der Waals surface area contributed by atoms with E-state index >= 15 is 0 Å². The molecule has 0 unspecified atom stereocenters.